The zero-order chi connectivity index (χ0) is 90.5. The van der Waals surface area contributed by atoms with Crippen molar-refractivity contribution in [1.82, 2.24) is 97.6 Å². The Hall–Kier alpha value is -15.6. The number of hydrogen-bond donors (Lipinski definition) is 0. The van der Waals surface area contributed by atoms with Gasteiger partial charge in [0.05, 0.1) is 0 Å². The van der Waals surface area contributed by atoms with Crippen molar-refractivity contribution in [3.8, 4) is 92.9 Å². The quantitative estimate of drug-likeness (QED) is 0.0424. The molecule has 0 saturated heterocycles. The van der Waals surface area contributed by atoms with E-state index < -0.39 is 0 Å². The van der Waals surface area contributed by atoms with Crippen LogP contribution in [0.25, 0.3) is 118 Å². The second kappa shape index (κ2) is 42.4. The number of nitriles is 5. The highest BCUT2D eigenvalue weighted by atomic mass is 32.2. The Bertz CT molecular complexity index is 7400. The molecule has 25 nitrogen and oxygen atoms in total. The smallest absolute Gasteiger partial charge is 0.175 e. The summed E-state index contributed by atoms with van der Waals surface area (Å²) < 4.78 is 9.86. The average molecular weight is 1780 g/mol. The standard InChI is InChI=1S/C23H19N5S.C22H17N5S.C21H15N5S.C17H15N5S.C16H13N5S/c1-4-13-29-23-26-20-19(14-24)25-21(17-9-5-15(2)6-10-17)27-22(20)28(23)18-11-7-16(3)8-12-18;1-3-13-28-22-25-19-18(14-23)24-20(16-11-9-15(2)10-12-16)26-21(19)27(22)17-7-5-4-6-8-17;1-2-13-27-21-24-18-17(14-22)23-19(15-9-5-3-6-10-15)25-20(18)26(21)16-11-7-4-8-12-16;1-4-9-23-17-21-15-14(10-18)19-12(3)20-16(15)22(17)13-7-5-11(2)6-8-13;1-3-9-22-16-20-14-13(10-17)18-11(2)19-15(14)21(16)12-7-5-4-6-8-12/h4-12H,1,13H2,2-3H3;3-12H,1,13H2,2H3;2-12H,1,13H2;4-8H,1,9H2,2-3H3;3-8H,1,9H2,2H3. The van der Waals surface area contributed by atoms with Gasteiger partial charge >= 0.3 is 0 Å². The molecule has 0 N–H and O–H groups in total. The molecule has 0 amide bonds. The first kappa shape index (κ1) is 89.7. The fourth-order valence-corrected chi connectivity index (χ4v) is 16.8. The van der Waals surface area contributed by atoms with Crippen molar-refractivity contribution in [2.75, 3.05) is 28.8 Å². The highest BCUT2D eigenvalue weighted by Gasteiger charge is 2.26. The van der Waals surface area contributed by atoms with E-state index in [-0.39, 0.29) is 17.1 Å². The summed E-state index contributed by atoms with van der Waals surface area (Å²) in [6, 6.07) is 82.3. The average Bonchev–Trinajstić information content (AvgIpc) is 1.64. The second-order valence-electron chi connectivity index (χ2n) is 28.3. The van der Waals surface area contributed by atoms with Crippen LogP contribution < -0.4 is 0 Å². The van der Waals surface area contributed by atoms with Gasteiger partial charge in [-0.05, 0) is 102 Å². The number of rotatable bonds is 23. The lowest BCUT2D eigenvalue weighted by Gasteiger charge is -2.09. The lowest BCUT2D eigenvalue weighted by atomic mass is 10.1. The van der Waals surface area contributed by atoms with E-state index >= 15 is 0 Å². The van der Waals surface area contributed by atoms with Gasteiger partial charge in [-0.1, -0.05) is 269 Å². The van der Waals surface area contributed by atoms with Gasteiger partial charge in [0.2, 0.25) is 0 Å². The normalized spacial score (nSPS) is 10.7. The van der Waals surface area contributed by atoms with Gasteiger partial charge < -0.3 is 0 Å². The summed E-state index contributed by atoms with van der Waals surface area (Å²) >= 11 is 7.75. The summed E-state index contributed by atoms with van der Waals surface area (Å²) in [5, 5.41) is 51.5. The second-order valence-corrected chi connectivity index (χ2v) is 33.2. The van der Waals surface area contributed by atoms with Crippen LogP contribution in [0.2, 0.25) is 0 Å². The molecule has 0 saturated carbocycles. The molecule has 0 aliphatic heterocycles. The van der Waals surface area contributed by atoms with Gasteiger partial charge in [0.1, 0.15) is 69.6 Å². The van der Waals surface area contributed by atoms with Crippen LogP contribution in [-0.4, -0.2) is 126 Å². The van der Waals surface area contributed by atoms with Crippen molar-refractivity contribution in [3.05, 3.63) is 344 Å². The molecule has 30 heteroatoms. The maximum absolute atomic E-state index is 9.72. The Morgan fingerprint density at radius 2 is 0.442 bits per heavy atom. The van der Waals surface area contributed by atoms with Crippen molar-refractivity contribution in [3.63, 3.8) is 0 Å². The molecule has 18 aromatic rings. The zero-order valence-corrected chi connectivity index (χ0v) is 75.0. The molecule has 0 bridgehead atoms. The predicted molar refractivity (Wildman–Crippen MR) is 516 cm³/mol. The van der Waals surface area contributed by atoms with Crippen LogP contribution in [-0.2, 0) is 0 Å². The van der Waals surface area contributed by atoms with E-state index in [0.29, 0.717) is 114 Å². The number of aromatic nitrogens is 20. The molecule has 0 fully saturated rings. The fourth-order valence-electron chi connectivity index (χ4n) is 13.1. The number of aryl methyl sites for hydroxylation is 6. The summed E-state index contributed by atoms with van der Waals surface area (Å²) in [6.45, 7) is 30.6. The largest absolute Gasteiger partial charge is 0.271 e. The van der Waals surface area contributed by atoms with Gasteiger partial charge in [-0.2, -0.15) is 26.3 Å². The molecule has 10 aromatic heterocycles. The Balaban J connectivity index is 0.000000131. The van der Waals surface area contributed by atoms with Crippen LogP contribution in [0.15, 0.2) is 307 Å². The van der Waals surface area contributed by atoms with Crippen LogP contribution >= 0.6 is 58.8 Å². The molecule has 18 rings (SSSR count). The SMILES string of the molecule is C=CCSc1nc2c(C#N)nc(-c3ccc(C)cc3)nc2n1-c1ccc(C)cc1.C=CCSc1nc2c(C#N)nc(-c3ccc(C)cc3)nc2n1-c1ccccc1.C=CCSc1nc2c(C#N)nc(-c3ccccc3)nc2n1-c1ccccc1.C=CCSc1nc2c(C#N)nc(C)nc2n1-c1ccc(C)cc1.C=CCSc1nc2c(C#N)nc(C)nc2n1-c1ccccc1. The summed E-state index contributed by atoms with van der Waals surface area (Å²) in [4.78, 5) is 68.3. The van der Waals surface area contributed by atoms with Gasteiger partial charge in [-0.25, -0.2) is 74.8 Å². The van der Waals surface area contributed by atoms with Crippen LogP contribution in [0.5, 0.6) is 0 Å². The molecular formula is C99H79N25S5. The van der Waals surface area contributed by atoms with E-state index in [9.17, 15) is 26.3 Å². The van der Waals surface area contributed by atoms with Crippen molar-refractivity contribution in [2.45, 2.75) is 67.3 Å². The Kier molecular flexibility index (Phi) is 29.5. The molecule has 0 atom stereocenters. The topological polar surface area (TPSA) is 337 Å². The van der Waals surface area contributed by atoms with Crippen molar-refractivity contribution < 1.29 is 0 Å². The highest BCUT2D eigenvalue weighted by Crippen LogP contribution is 2.37. The van der Waals surface area contributed by atoms with Crippen molar-refractivity contribution in [2.24, 2.45) is 0 Å². The van der Waals surface area contributed by atoms with E-state index in [1.807, 2.05) is 280 Å². The molecule has 129 heavy (non-hydrogen) atoms. The molecular weight excluding hydrogens is 1700 g/mol. The first-order valence-electron chi connectivity index (χ1n) is 40.2. The van der Waals surface area contributed by atoms with E-state index in [4.69, 9.17) is 19.9 Å². The van der Waals surface area contributed by atoms with Crippen LogP contribution in [0.3, 0.4) is 0 Å². The third-order valence-electron chi connectivity index (χ3n) is 19.1. The van der Waals surface area contributed by atoms with Crippen LogP contribution in [0, 0.1) is 98.2 Å². The van der Waals surface area contributed by atoms with Crippen molar-refractivity contribution in [1.29, 1.82) is 26.3 Å². The molecule has 0 unspecified atom stereocenters. The molecule has 0 aliphatic rings. The van der Waals surface area contributed by atoms with Gasteiger partial charge in [0.25, 0.3) is 0 Å². The Morgan fingerprint density at radius 3 is 0.674 bits per heavy atom. The molecule has 630 valence electrons. The number of hydrogen-bond acceptors (Lipinski definition) is 25. The minimum Gasteiger partial charge on any atom is -0.271 e. The lowest BCUT2D eigenvalue weighted by Crippen LogP contribution is -2.01. The number of thioether (sulfide) groups is 5. The zero-order valence-electron chi connectivity index (χ0n) is 71.0. The molecule has 10 heterocycles. The Labute approximate surface area is 766 Å². The van der Waals surface area contributed by atoms with Gasteiger partial charge in [0, 0.05) is 73.9 Å². The summed E-state index contributed by atoms with van der Waals surface area (Å²) in [5.41, 5.74) is 19.2. The first-order chi connectivity index (χ1) is 63.0. The maximum atomic E-state index is 9.72. The summed E-state index contributed by atoms with van der Waals surface area (Å²) in [6.07, 6.45) is 9.13. The first-order valence-corrected chi connectivity index (χ1v) is 45.1. The van der Waals surface area contributed by atoms with Gasteiger partial charge in [-0.15, -0.1) is 32.9 Å². The van der Waals surface area contributed by atoms with E-state index in [1.54, 1.807) is 72.7 Å². The number of benzene rings is 8. The third kappa shape index (κ3) is 20.5. The van der Waals surface area contributed by atoms with Crippen molar-refractivity contribution >= 4 is 115 Å². The van der Waals surface area contributed by atoms with E-state index in [0.717, 1.165) is 93.5 Å². The third-order valence-corrected chi connectivity index (χ3v) is 23.7. The highest BCUT2D eigenvalue weighted by molar-refractivity contribution is 8.00. The van der Waals surface area contributed by atoms with Gasteiger partial charge in [0.15, 0.2) is 100.0 Å². The van der Waals surface area contributed by atoms with E-state index in [1.165, 1.54) is 11.1 Å². The number of para-hydroxylation sites is 3. The summed E-state index contributed by atoms with van der Waals surface area (Å²) in [5.74, 6) is 6.22. The molecule has 0 spiro atoms. The molecule has 0 radical (unpaired) electrons. The molecule has 8 aromatic carbocycles. The van der Waals surface area contributed by atoms with Crippen LogP contribution in [0.1, 0.15) is 62.4 Å². The monoisotopic (exact) mass is 1780 g/mol. The maximum Gasteiger partial charge on any atom is 0.175 e. The van der Waals surface area contributed by atoms with Crippen LogP contribution in [0.4, 0.5) is 0 Å². The Morgan fingerprint density at radius 1 is 0.240 bits per heavy atom. The predicted octanol–water partition coefficient (Wildman–Crippen LogP) is 21.7. The minimum absolute atomic E-state index is 0.272. The number of imidazole rings is 5. The molecule has 0 aliphatic carbocycles. The number of nitrogens with zero attached hydrogens (tertiary/aromatic N) is 25. The lowest BCUT2D eigenvalue weighted by molar-refractivity contribution is 0.905. The number of fused-ring (bicyclic) bond motifs is 5. The fraction of sp³-hybridized carbons (Fsp3) is 0.111. The van der Waals surface area contributed by atoms with Gasteiger partial charge in [-0.3, -0.25) is 22.8 Å². The van der Waals surface area contributed by atoms with E-state index in [2.05, 4.69) is 137 Å². The minimum atomic E-state index is 0.272. The summed E-state index contributed by atoms with van der Waals surface area (Å²) in [7, 11) is 0.